The number of aromatic nitrogens is 3. The minimum atomic E-state index is -0.166. The molecule has 5 aromatic rings. The van der Waals surface area contributed by atoms with Crippen molar-refractivity contribution in [3.8, 4) is 5.75 Å². The second kappa shape index (κ2) is 10.7. The maximum absolute atomic E-state index is 13.3. The van der Waals surface area contributed by atoms with Crippen molar-refractivity contribution in [3.05, 3.63) is 107 Å². The molecule has 0 fully saturated rings. The number of amides is 1. The van der Waals surface area contributed by atoms with Crippen molar-refractivity contribution in [2.24, 2.45) is 0 Å². The Morgan fingerprint density at radius 2 is 1.97 bits per heavy atom. The third-order valence-corrected chi connectivity index (χ3v) is 7.07. The molecule has 3 aromatic heterocycles. The van der Waals surface area contributed by atoms with E-state index < -0.39 is 0 Å². The van der Waals surface area contributed by atoms with Gasteiger partial charge in [0.25, 0.3) is 5.91 Å². The normalized spacial score (nSPS) is 11.9. The van der Waals surface area contributed by atoms with E-state index in [1.54, 1.807) is 25.4 Å². The molecule has 2 N–H and O–H groups in total. The minimum absolute atomic E-state index is 0.0538. The summed E-state index contributed by atoms with van der Waals surface area (Å²) in [6.45, 7) is 2.28. The number of pyridine rings is 1. The number of thioether (sulfide) groups is 1. The molecule has 36 heavy (non-hydrogen) atoms. The molecule has 182 valence electrons. The first-order valence-corrected chi connectivity index (χ1v) is 12.6. The number of carbonyl (C=O) groups excluding carboxylic acids is 1. The monoisotopic (exact) mass is 498 g/mol. The highest BCUT2D eigenvalue weighted by Gasteiger charge is 2.21. The van der Waals surface area contributed by atoms with Crippen LogP contribution in [-0.2, 0) is 5.75 Å². The molecule has 0 aliphatic heterocycles. The third kappa shape index (κ3) is 5.13. The summed E-state index contributed by atoms with van der Waals surface area (Å²) < 4.78 is 10.5. The first-order valence-electron chi connectivity index (χ1n) is 11.6. The van der Waals surface area contributed by atoms with Crippen molar-refractivity contribution in [2.45, 2.75) is 23.6 Å². The first-order chi connectivity index (χ1) is 17.6. The smallest absolute Gasteiger partial charge is 0.254 e. The van der Waals surface area contributed by atoms with Crippen molar-refractivity contribution in [2.75, 3.05) is 13.7 Å². The minimum Gasteiger partial charge on any atom is -0.497 e. The molecule has 3 heterocycles. The van der Waals surface area contributed by atoms with Crippen molar-refractivity contribution in [1.29, 1.82) is 0 Å². The van der Waals surface area contributed by atoms with Crippen LogP contribution in [0.15, 0.2) is 88.7 Å². The summed E-state index contributed by atoms with van der Waals surface area (Å²) in [5, 5.41) is 8.97. The summed E-state index contributed by atoms with van der Waals surface area (Å²) >= 11 is 1.46. The number of H-pyrrole nitrogens is 1. The van der Waals surface area contributed by atoms with Crippen LogP contribution in [0.4, 0.5) is 0 Å². The zero-order valence-electron chi connectivity index (χ0n) is 20.0. The standard InChI is InChI=1S/C28H26N4O3S/c1-18-14-20(32-35-18)17-36-28-23(7-5-13-29-28)27(33)31-15-24(19-9-11-21(34-2)12-10-19)25-16-30-26-8-4-3-6-22(25)26/h3-14,16,24,30H,15,17H2,1-2H3,(H,31,33)/t24-/m0/s1. The summed E-state index contributed by atoms with van der Waals surface area (Å²) in [5.41, 5.74) is 4.62. The van der Waals surface area contributed by atoms with Crippen LogP contribution in [0, 0.1) is 6.92 Å². The molecule has 0 bridgehead atoms. The summed E-state index contributed by atoms with van der Waals surface area (Å²) in [5.74, 6) is 1.90. The van der Waals surface area contributed by atoms with Gasteiger partial charge in [0.1, 0.15) is 16.5 Å². The lowest BCUT2D eigenvalue weighted by Gasteiger charge is -2.19. The SMILES string of the molecule is COc1ccc([C@H](CNC(=O)c2cccnc2SCc2cc(C)on2)c2c[nH]c3ccccc23)cc1. The largest absolute Gasteiger partial charge is 0.497 e. The van der Waals surface area contributed by atoms with Gasteiger partial charge in [-0.25, -0.2) is 4.98 Å². The van der Waals surface area contributed by atoms with Crippen molar-refractivity contribution >= 4 is 28.6 Å². The fourth-order valence-electron chi connectivity index (χ4n) is 4.22. The number of methoxy groups -OCH3 is 1. The number of hydrogen-bond donors (Lipinski definition) is 2. The Morgan fingerprint density at radius 3 is 2.75 bits per heavy atom. The van der Waals surface area contributed by atoms with E-state index in [9.17, 15) is 4.79 Å². The molecule has 0 unspecified atom stereocenters. The molecule has 0 saturated heterocycles. The Hall–Kier alpha value is -4.04. The van der Waals surface area contributed by atoms with Gasteiger partial charge in [-0.15, -0.1) is 0 Å². The number of carbonyl (C=O) groups is 1. The van der Waals surface area contributed by atoms with Crippen LogP contribution in [0.2, 0.25) is 0 Å². The van der Waals surface area contributed by atoms with Gasteiger partial charge in [0.15, 0.2) is 0 Å². The van der Waals surface area contributed by atoms with E-state index in [1.807, 2.05) is 55.6 Å². The molecule has 2 aromatic carbocycles. The van der Waals surface area contributed by atoms with E-state index >= 15 is 0 Å². The molecule has 0 aliphatic rings. The molecule has 7 nitrogen and oxygen atoms in total. The number of nitrogens with zero attached hydrogens (tertiary/aromatic N) is 2. The number of ether oxygens (including phenoxy) is 1. The summed E-state index contributed by atoms with van der Waals surface area (Å²) in [7, 11) is 1.65. The molecule has 1 amide bonds. The number of benzene rings is 2. The zero-order chi connectivity index (χ0) is 24.9. The first kappa shape index (κ1) is 23.7. The number of nitrogens with one attached hydrogen (secondary N) is 2. The maximum Gasteiger partial charge on any atom is 0.254 e. The topological polar surface area (TPSA) is 93.0 Å². The Bertz CT molecular complexity index is 1480. The Kier molecular flexibility index (Phi) is 7.04. The molecule has 8 heteroatoms. The van der Waals surface area contributed by atoms with Gasteiger partial charge in [-0.3, -0.25) is 4.79 Å². The average Bonchev–Trinajstić information content (AvgIpc) is 3.54. The van der Waals surface area contributed by atoms with Gasteiger partial charge in [-0.05, 0) is 48.4 Å². The number of aromatic amines is 1. The highest BCUT2D eigenvalue weighted by molar-refractivity contribution is 7.98. The summed E-state index contributed by atoms with van der Waals surface area (Å²) in [6, 6.07) is 21.6. The van der Waals surface area contributed by atoms with Crippen LogP contribution >= 0.6 is 11.8 Å². The number of aryl methyl sites for hydroxylation is 1. The molecule has 5 rings (SSSR count). The summed E-state index contributed by atoms with van der Waals surface area (Å²) in [4.78, 5) is 21.1. The van der Waals surface area contributed by atoms with E-state index in [-0.39, 0.29) is 11.8 Å². The van der Waals surface area contributed by atoms with Crippen LogP contribution in [-0.4, -0.2) is 34.7 Å². The molecule has 0 saturated carbocycles. The van der Waals surface area contributed by atoms with Crippen LogP contribution in [0.3, 0.4) is 0 Å². The molecular weight excluding hydrogens is 472 g/mol. The van der Waals surface area contributed by atoms with Crippen molar-refractivity contribution in [1.82, 2.24) is 20.4 Å². The predicted octanol–water partition coefficient (Wildman–Crippen LogP) is 5.72. The van der Waals surface area contributed by atoms with Crippen molar-refractivity contribution < 1.29 is 14.1 Å². The van der Waals surface area contributed by atoms with E-state index in [2.05, 4.69) is 32.6 Å². The molecule has 0 aliphatic carbocycles. The second-order valence-electron chi connectivity index (χ2n) is 8.40. The molecular formula is C28H26N4O3S. The van der Waals surface area contributed by atoms with Crippen LogP contribution in [0.1, 0.15) is 38.9 Å². The maximum atomic E-state index is 13.3. The highest BCUT2D eigenvalue weighted by atomic mass is 32.2. The van der Waals surface area contributed by atoms with E-state index in [4.69, 9.17) is 9.26 Å². The molecule has 1 atom stereocenters. The average molecular weight is 499 g/mol. The van der Waals surface area contributed by atoms with Crippen molar-refractivity contribution in [3.63, 3.8) is 0 Å². The van der Waals surface area contributed by atoms with Gasteiger partial charge in [0, 0.05) is 47.6 Å². The fourth-order valence-corrected chi connectivity index (χ4v) is 5.10. The number of hydrogen-bond acceptors (Lipinski definition) is 6. The van der Waals surface area contributed by atoms with Crippen LogP contribution in [0.25, 0.3) is 10.9 Å². The van der Waals surface area contributed by atoms with Gasteiger partial charge in [-0.2, -0.15) is 0 Å². The van der Waals surface area contributed by atoms with Gasteiger partial charge in [-0.1, -0.05) is 47.3 Å². The Morgan fingerprint density at radius 1 is 1.14 bits per heavy atom. The quantitative estimate of drug-likeness (QED) is 0.253. The van der Waals surface area contributed by atoms with E-state index in [0.29, 0.717) is 22.9 Å². The number of para-hydroxylation sites is 1. The van der Waals surface area contributed by atoms with E-state index in [0.717, 1.165) is 39.2 Å². The van der Waals surface area contributed by atoms with E-state index in [1.165, 1.54) is 11.8 Å². The third-order valence-electron chi connectivity index (χ3n) is 6.03. The molecule has 0 spiro atoms. The van der Waals surface area contributed by atoms with Gasteiger partial charge >= 0.3 is 0 Å². The zero-order valence-corrected chi connectivity index (χ0v) is 20.8. The van der Waals surface area contributed by atoms with Crippen LogP contribution < -0.4 is 10.1 Å². The Labute approximate surface area is 213 Å². The molecule has 0 radical (unpaired) electrons. The highest BCUT2D eigenvalue weighted by Crippen LogP contribution is 2.32. The second-order valence-corrected chi connectivity index (χ2v) is 9.36. The lowest BCUT2D eigenvalue weighted by Crippen LogP contribution is -2.29. The van der Waals surface area contributed by atoms with Gasteiger partial charge < -0.3 is 19.6 Å². The fraction of sp³-hybridized carbons (Fsp3) is 0.179. The van der Waals surface area contributed by atoms with Gasteiger partial charge in [0.05, 0.1) is 18.4 Å². The number of fused-ring (bicyclic) bond motifs is 1. The lowest BCUT2D eigenvalue weighted by molar-refractivity contribution is 0.0949. The summed E-state index contributed by atoms with van der Waals surface area (Å²) in [6.07, 6.45) is 3.72. The van der Waals surface area contributed by atoms with Gasteiger partial charge in [0.2, 0.25) is 0 Å². The lowest BCUT2D eigenvalue weighted by atomic mass is 9.90. The van der Waals surface area contributed by atoms with Crippen LogP contribution in [0.5, 0.6) is 5.75 Å². The predicted molar refractivity (Wildman–Crippen MR) is 141 cm³/mol. The number of rotatable bonds is 9. The Balaban J connectivity index is 1.38.